The monoisotopic (exact) mass is 212 g/mol. The van der Waals surface area contributed by atoms with Crippen LogP contribution in [0.2, 0.25) is 0 Å². The number of phenols is 1. The number of nitro benzene ring substituents is 1. The molecule has 1 aromatic carbocycles. The number of nitro groups is 1. The number of aliphatic hydroxyl groups is 1. The van der Waals surface area contributed by atoms with E-state index >= 15 is 0 Å². The van der Waals surface area contributed by atoms with Crippen LogP contribution in [-0.2, 0) is 0 Å². The molecule has 1 rings (SSSR count). The van der Waals surface area contributed by atoms with Crippen molar-refractivity contribution < 1.29 is 15.1 Å². The molecule has 0 heterocycles. The standard InChI is InChI=1S/C9H12N2O4/c10-8(3-4-12)7-5-6(11(14)15)1-2-9(7)13/h1-2,5,8,12-13H,3-4,10H2/t8-/m1/s1. The third-order valence-corrected chi connectivity index (χ3v) is 2.06. The predicted molar refractivity (Wildman–Crippen MR) is 53.4 cm³/mol. The quantitative estimate of drug-likeness (QED) is 0.502. The van der Waals surface area contributed by atoms with E-state index in [2.05, 4.69) is 0 Å². The molecule has 0 aliphatic rings. The topological polar surface area (TPSA) is 110 Å². The summed E-state index contributed by atoms with van der Waals surface area (Å²) in [6.07, 6.45) is 0.245. The van der Waals surface area contributed by atoms with Crippen LogP contribution in [0.4, 0.5) is 5.69 Å². The second-order valence-electron chi connectivity index (χ2n) is 3.12. The van der Waals surface area contributed by atoms with Gasteiger partial charge in [-0.05, 0) is 12.5 Å². The molecule has 0 saturated carbocycles. The Morgan fingerprint density at radius 3 is 2.73 bits per heavy atom. The lowest BCUT2D eigenvalue weighted by molar-refractivity contribution is -0.385. The number of nitrogens with zero attached hydrogens (tertiary/aromatic N) is 1. The highest BCUT2D eigenvalue weighted by Gasteiger charge is 2.15. The number of benzene rings is 1. The van der Waals surface area contributed by atoms with Crippen molar-refractivity contribution in [3.8, 4) is 5.75 Å². The normalized spacial score (nSPS) is 12.4. The fourth-order valence-electron chi connectivity index (χ4n) is 1.25. The lowest BCUT2D eigenvalue weighted by atomic mass is 10.0. The van der Waals surface area contributed by atoms with E-state index in [1.54, 1.807) is 0 Å². The first-order valence-electron chi connectivity index (χ1n) is 4.40. The third-order valence-electron chi connectivity index (χ3n) is 2.06. The van der Waals surface area contributed by atoms with Crippen molar-refractivity contribution in [3.05, 3.63) is 33.9 Å². The molecule has 15 heavy (non-hydrogen) atoms. The molecule has 6 heteroatoms. The van der Waals surface area contributed by atoms with E-state index < -0.39 is 11.0 Å². The highest BCUT2D eigenvalue weighted by molar-refractivity contribution is 5.44. The van der Waals surface area contributed by atoms with Gasteiger partial charge >= 0.3 is 0 Å². The van der Waals surface area contributed by atoms with Crippen molar-refractivity contribution in [2.24, 2.45) is 5.73 Å². The molecule has 0 bridgehead atoms. The molecule has 1 atom stereocenters. The second kappa shape index (κ2) is 4.72. The molecule has 1 aromatic rings. The largest absolute Gasteiger partial charge is 0.508 e. The molecule has 0 saturated heterocycles. The summed E-state index contributed by atoms with van der Waals surface area (Å²) >= 11 is 0. The molecule has 0 aliphatic carbocycles. The maximum Gasteiger partial charge on any atom is 0.270 e. The Balaban J connectivity index is 3.04. The third kappa shape index (κ3) is 2.64. The van der Waals surface area contributed by atoms with Crippen LogP contribution in [-0.4, -0.2) is 21.7 Å². The summed E-state index contributed by atoms with van der Waals surface area (Å²) in [4.78, 5) is 9.92. The van der Waals surface area contributed by atoms with E-state index in [1.807, 2.05) is 0 Å². The number of nitrogens with two attached hydrogens (primary N) is 1. The van der Waals surface area contributed by atoms with E-state index in [0.29, 0.717) is 0 Å². The number of hydrogen-bond donors (Lipinski definition) is 3. The number of aromatic hydroxyl groups is 1. The van der Waals surface area contributed by atoms with Gasteiger partial charge in [0.1, 0.15) is 5.75 Å². The lowest BCUT2D eigenvalue weighted by Gasteiger charge is -2.11. The summed E-state index contributed by atoms with van der Waals surface area (Å²) in [5.41, 5.74) is 5.78. The van der Waals surface area contributed by atoms with Gasteiger partial charge in [0.05, 0.1) is 4.92 Å². The van der Waals surface area contributed by atoms with Crippen LogP contribution in [0.1, 0.15) is 18.0 Å². The minimum atomic E-state index is -0.602. The maximum absolute atomic E-state index is 10.5. The predicted octanol–water partition coefficient (Wildman–Crippen LogP) is 0.683. The first-order valence-corrected chi connectivity index (χ1v) is 4.40. The fourth-order valence-corrected chi connectivity index (χ4v) is 1.25. The summed E-state index contributed by atoms with van der Waals surface area (Å²) < 4.78 is 0. The van der Waals surface area contributed by atoms with Crippen molar-refractivity contribution in [1.29, 1.82) is 0 Å². The van der Waals surface area contributed by atoms with E-state index in [9.17, 15) is 15.2 Å². The Morgan fingerprint density at radius 2 is 2.20 bits per heavy atom. The molecule has 0 unspecified atom stereocenters. The summed E-state index contributed by atoms with van der Waals surface area (Å²) in [5, 5.41) is 28.6. The van der Waals surface area contributed by atoms with Gasteiger partial charge in [-0.1, -0.05) is 0 Å². The molecule has 82 valence electrons. The lowest BCUT2D eigenvalue weighted by Crippen LogP contribution is -2.12. The molecule has 0 aliphatic heterocycles. The summed E-state index contributed by atoms with van der Waals surface area (Å²) in [7, 11) is 0. The van der Waals surface area contributed by atoms with Gasteiger partial charge in [0.15, 0.2) is 0 Å². The molecule has 4 N–H and O–H groups in total. The van der Waals surface area contributed by atoms with Crippen molar-refractivity contribution in [3.63, 3.8) is 0 Å². The molecular formula is C9H12N2O4. The van der Waals surface area contributed by atoms with Gasteiger partial charge in [0, 0.05) is 30.3 Å². The van der Waals surface area contributed by atoms with Gasteiger partial charge in [-0.3, -0.25) is 10.1 Å². The van der Waals surface area contributed by atoms with E-state index in [-0.39, 0.29) is 30.0 Å². The Bertz CT molecular complexity index is 367. The zero-order valence-electron chi connectivity index (χ0n) is 7.96. The van der Waals surface area contributed by atoms with Crippen molar-refractivity contribution in [2.45, 2.75) is 12.5 Å². The SMILES string of the molecule is N[C@H](CCO)c1cc([N+](=O)[O-])ccc1O. The minimum absolute atomic E-state index is 0.0958. The Labute approximate surface area is 86.1 Å². The summed E-state index contributed by atoms with van der Waals surface area (Å²) in [6, 6.07) is 3.04. The zero-order chi connectivity index (χ0) is 11.4. The van der Waals surface area contributed by atoms with Crippen molar-refractivity contribution in [2.75, 3.05) is 6.61 Å². The minimum Gasteiger partial charge on any atom is -0.508 e. The van der Waals surface area contributed by atoms with Gasteiger partial charge in [-0.2, -0.15) is 0 Å². The Morgan fingerprint density at radius 1 is 1.53 bits per heavy atom. The van der Waals surface area contributed by atoms with Crippen LogP contribution in [0.15, 0.2) is 18.2 Å². The van der Waals surface area contributed by atoms with Crippen molar-refractivity contribution in [1.82, 2.24) is 0 Å². The molecule has 0 fully saturated rings. The molecule has 0 spiro atoms. The Hall–Kier alpha value is -1.66. The van der Waals surface area contributed by atoms with E-state index in [0.717, 1.165) is 0 Å². The first-order chi connectivity index (χ1) is 7.06. The van der Waals surface area contributed by atoms with Gasteiger partial charge in [-0.15, -0.1) is 0 Å². The van der Waals surface area contributed by atoms with Crippen molar-refractivity contribution >= 4 is 5.69 Å². The van der Waals surface area contributed by atoms with Crippen LogP contribution in [0.5, 0.6) is 5.75 Å². The average molecular weight is 212 g/mol. The Kier molecular flexibility index (Phi) is 3.59. The molecule has 0 amide bonds. The van der Waals surface area contributed by atoms with E-state index in [1.165, 1.54) is 18.2 Å². The summed E-state index contributed by atoms with van der Waals surface area (Å²) in [5.74, 6) is -0.0958. The number of rotatable bonds is 4. The number of non-ortho nitro benzene ring substituents is 1. The van der Waals surface area contributed by atoms with Crippen LogP contribution >= 0.6 is 0 Å². The number of aliphatic hydroxyl groups excluding tert-OH is 1. The van der Waals surface area contributed by atoms with Gasteiger partial charge in [0.2, 0.25) is 0 Å². The first kappa shape index (κ1) is 11.4. The highest BCUT2D eigenvalue weighted by atomic mass is 16.6. The van der Waals surface area contributed by atoms with Gasteiger partial charge in [0.25, 0.3) is 5.69 Å². The van der Waals surface area contributed by atoms with Crippen LogP contribution in [0, 0.1) is 10.1 Å². The molecule has 0 aromatic heterocycles. The maximum atomic E-state index is 10.5. The smallest absolute Gasteiger partial charge is 0.270 e. The van der Waals surface area contributed by atoms with Crippen LogP contribution < -0.4 is 5.73 Å². The summed E-state index contributed by atoms with van der Waals surface area (Å²) in [6.45, 7) is -0.136. The zero-order valence-corrected chi connectivity index (χ0v) is 7.96. The van der Waals surface area contributed by atoms with Gasteiger partial charge < -0.3 is 15.9 Å². The van der Waals surface area contributed by atoms with E-state index in [4.69, 9.17) is 10.8 Å². The van der Waals surface area contributed by atoms with Gasteiger partial charge in [-0.25, -0.2) is 0 Å². The second-order valence-corrected chi connectivity index (χ2v) is 3.12. The number of phenolic OH excluding ortho intramolecular Hbond substituents is 1. The fraction of sp³-hybridized carbons (Fsp3) is 0.333. The van der Waals surface area contributed by atoms with Crippen LogP contribution in [0.25, 0.3) is 0 Å². The highest BCUT2D eigenvalue weighted by Crippen LogP contribution is 2.28. The average Bonchev–Trinajstić information content (AvgIpc) is 2.18. The number of hydrogen-bond acceptors (Lipinski definition) is 5. The molecule has 6 nitrogen and oxygen atoms in total. The molecule has 0 radical (unpaired) electrons. The molecular weight excluding hydrogens is 200 g/mol. The van der Waals surface area contributed by atoms with Crippen LogP contribution in [0.3, 0.4) is 0 Å².